The van der Waals surface area contributed by atoms with Crippen LogP contribution in [-0.2, 0) is 0 Å². The average Bonchev–Trinajstić information content (AvgIpc) is 3.51. The van der Waals surface area contributed by atoms with Gasteiger partial charge in [-0.25, -0.2) is 0 Å². The van der Waals surface area contributed by atoms with E-state index in [1.54, 1.807) is 0 Å². The molecule has 210 valence electrons. The second-order valence-corrected chi connectivity index (χ2v) is 11.6. The summed E-state index contributed by atoms with van der Waals surface area (Å²) in [5, 5.41) is 7.26. The maximum atomic E-state index is 6.73. The third-order valence-corrected chi connectivity index (χ3v) is 9.09. The summed E-state index contributed by atoms with van der Waals surface area (Å²) in [4.78, 5) is 0. The van der Waals surface area contributed by atoms with Gasteiger partial charge in [-0.1, -0.05) is 164 Å². The van der Waals surface area contributed by atoms with Crippen molar-refractivity contribution in [1.29, 1.82) is 0 Å². The number of para-hydroxylation sites is 1. The third-order valence-electron chi connectivity index (χ3n) is 9.09. The SMILES string of the molecule is c1ccc(-c2ccc(-c3cccc4c3oc3cccc(-c5c6ccccc6c(-c6ccccc6)c6ccccc56)c34)cc2)cc1. The largest absolute Gasteiger partial charge is 0.455 e. The van der Waals surface area contributed by atoms with Gasteiger partial charge in [-0.3, -0.25) is 0 Å². The van der Waals surface area contributed by atoms with Crippen LogP contribution < -0.4 is 0 Å². The van der Waals surface area contributed by atoms with E-state index < -0.39 is 0 Å². The van der Waals surface area contributed by atoms with Gasteiger partial charge in [0, 0.05) is 16.3 Å². The fourth-order valence-corrected chi connectivity index (χ4v) is 7.09. The van der Waals surface area contributed by atoms with Crippen LogP contribution >= 0.6 is 0 Å². The highest BCUT2D eigenvalue weighted by Crippen LogP contribution is 2.47. The van der Waals surface area contributed by atoms with Crippen molar-refractivity contribution in [2.24, 2.45) is 0 Å². The lowest BCUT2D eigenvalue weighted by Gasteiger charge is -2.18. The monoisotopic (exact) mass is 572 g/mol. The number of fused-ring (bicyclic) bond motifs is 5. The van der Waals surface area contributed by atoms with Crippen LogP contribution in [-0.4, -0.2) is 0 Å². The van der Waals surface area contributed by atoms with E-state index in [4.69, 9.17) is 4.42 Å². The van der Waals surface area contributed by atoms with Gasteiger partial charge in [0.25, 0.3) is 0 Å². The first-order valence-electron chi connectivity index (χ1n) is 15.4. The van der Waals surface area contributed by atoms with Crippen molar-refractivity contribution >= 4 is 43.5 Å². The van der Waals surface area contributed by atoms with Crippen molar-refractivity contribution in [1.82, 2.24) is 0 Å². The molecule has 8 aromatic carbocycles. The Bertz CT molecular complexity index is 2450. The molecule has 0 unspecified atom stereocenters. The first-order valence-corrected chi connectivity index (χ1v) is 15.4. The maximum absolute atomic E-state index is 6.73. The Kier molecular flexibility index (Phi) is 5.89. The summed E-state index contributed by atoms with van der Waals surface area (Å²) < 4.78 is 6.73. The summed E-state index contributed by atoms with van der Waals surface area (Å²) in [6, 6.07) is 60.8. The van der Waals surface area contributed by atoms with Crippen LogP contribution in [0.3, 0.4) is 0 Å². The maximum Gasteiger partial charge on any atom is 0.143 e. The zero-order valence-corrected chi connectivity index (χ0v) is 24.6. The minimum Gasteiger partial charge on any atom is -0.455 e. The molecule has 9 rings (SSSR count). The zero-order valence-electron chi connectivity index (χ0n) is 24.6. The van der Waals surface area contributed by atoms with Crippen molar-refractivity contribution in [2.75, 3.05) is 0 Å². The Morgan fingerprint density at radius 1 is 0.289 bits per heavy atom. The van der Waals surface area contributed by atoms with Gasteiger partial charge in [-0.2, -0.15) is 0 Å². The molecule has 0 aliphatic carbocycles. The standard InChI is InChI=1S/C44H28O/c1-3-13-29(14-4-1)30-25-27-31(28-26-30)33-21-11-23-39-43-38(22-12-24-40(43)45-44(33)39)42-36-19-9-7-17-34(36)41(32-15-5-2-6-16-32)35-18-8-10-20-37(35)42/h1-28H. The van der Waals surface area contributed by atoms with Gasteiger partial charge in [-0.15, -0.1) is 0 Å². The van der Waals surface area contributed by atoms with Crippen LogP contribution in [0.5, 0.6) is 0 Å². The number of rotatable bonds is 4. The Hall–Kier alpha value is -5.92. The van der Waals surface area contributed by atoms with E-state index in [0.717, 1.165) is 33.1 Å². The first kappa shape index (κ1) is 25.6. The van der Waals surface area contributed by atoms with E-state index in [1.165, 1.54) is 54.9 Å². The molecule has 1 heterocycles. The molecule has 0 bridgehead atoms. The minimum atomic E-state index is 0.899. The summed E-state index contributed by atoms with van der Waals surface area (Å²) in [7, 11) is 0. The molecule has 0 aliphatic heterocycles. The predicted molar refractivity (Wildman–Crippen MR) is 190 cm³/mol. The average molecular weight is 573 g/mol. The normalized spacial score (nSPS) is 11.6. The quantitative estimate of drug-likeness (QED) is 0.191. The highest BCUT2D eigenvalue weighted by atomic mass is 16.3. The molecule has 1 aromatic heterocycles. The van der Waals surface area contributed by atoms with Crippen LogP contribution in [0.1, 0.15) is 0 Å². The van der Waals surface area contributed by atoms with E-state index in [2.05, 4.69) is 170 Å². The number of furan rings is 1. The molecule has 0 saturated carbocycles. The molecule has 0 fully saturated rings. The van der Waals surface area contributed by atoms with Gasteiger partial charge in [0.15, 0.2) is 0 Å². The van der Waals surface area contributed by atoms with Crippen LogP contribution in [0.2, 0.25) is 0 Å². The van der Waals surface area contributed by atoms with Crippen LogP contribution in [0.4, 0.5) is 0 Å². The highest BCUT2D eigenvalue weighted by molar-refractivity contribution is 6.26. The van der Waals surface area contributed by atoms with Gasteiger partial charge in [-0.05, 0) is 66.6 Å². The van der Waals surface area contributed by atoms with Crippen LogP contribution in [0.15, 0.2) is 174 Å². The molecule has 45 heavy (non-hydrogen) atoms. The number of benzene rings is 8. The fourth-order valence-electron chi connectivity index (χ4n) is 7.09. The van der Waals surface area contributed by atoms with Crippen LogP contribution in [0.25, 0.3) is 88.0 Å². The zero-order chi connectivity index (χ0) is 29.7. The summed E-state index contributed by atoms with van der Waals surface area (Å²) in [6.07, 6.45) is 0. The van der Waals surface area contributed by atoms with Crippen molar-refractivity contribution in [3.05, 3.63) is 170 Å². The van der Waals surface area contributed by atoms with Crippen LogP contribution in [0, 0.1) is 0 Å². The highest BCUT2D eigenvalue weighted by Gasteiger charge is 2.21. The van der Waals surface area contributed by atoms with Crippen molar-refractivity contribution in [3.8, 4) is 44.5 Å². The van der Waals surface area contributed by atoms with Crippen molar-refractivity contribution in [2.45, 2.75) is 0 Å². The molecular formula is C44H28O. The van der Waals surface area contributed by atoms with E-state index in [0.29, 0.717) is 0 Å². The molecular weight excluding hydrogens is 544 g/mol. The third kappa shape index (κ3) is 4.09. The van der Waals surface area contributed by atoms with Gasteiger partial charge in [0.05, 0.1) is 0 Å². The van der Waals surface area contributed by atoms with Crippen molar-refractivity contribution in [3.63, 3.8) is 0 Å². The Balaban J connectivity index is 1.30. The summed E-state index contributed by atoms with van der Waals surface area (Å²) in [5.74, 6) is 0. The lowest BCUT2D eigenvalue weighted by Crippen LogP contribution is -1.91. The first-order chi connectivity index (χ1) is 22.3. The number of hydrogen-bond donors (Lipinski definition) is 0. The molecule has 0 spiro atoms. The molecule has 0 amide bonds. The Morgan fingerprint density at radius 3 is 1.40 bits per heavy atom. The Morgan fingerprint density at radius 2 is 0.756 bits per heavy atom. The molecule has 9 aromatic rings. The summed E-state index contributed by atoms with van der Waals surface area (Å²) in [5.41, 5.74) is 11.4. The van der Waals surface area contributed by atoms with Gasteiger partial charge in [0.2, 0.25) is 0 Å². The number of hydrogen-bond acceptors (Lipinski definition) is 1. The smallest absolute Gasteiger partial charge is 0.143 e. The molecule has 1 nitrogen and oxygen atoms in total. The van der Waals surface area contributed by atoms with Crippen molar-refractivity contribution < 1.29 is 4.42 Å². The minimum absolute atomic E-state index is 0.899. The van der Waals surface area contributed by atoms with Gasteiger partial charge >= 0.3 is 0 Å². The molecule has 0 radical (unpaired) electrons. The lowest BCUT2D eigenvalue weighted by molar-refractivity contribution is 0.670. The van der Waals surface area contributed by atoms with E-state index >= 15 is 0 Å². The van der Waals surface area contributed by atoms with E-state index in [1.807, 2.05) is 0 Å². The topological polar surface area (TPSA) is 13.1 Å². The van der Waals surface area contributed by atoms with Gasteiger partial charge < -0.3 is 4.42 Å². The summed E-state index contributed by atoms with van der Waals surface area (Å²) in [6.45, 7) is 0. The molecule has 0 aliphatic rings. The second-order valence-electron chi connectivity index (χ2n) is 11.6. The summed E-state index contributed by atoms with van der Waals surface area (Å²) >= 11 is 0. The van der Waals surface area contributed by atoms with Gasteiger partial charge in [0.1, 0.15) is 11.2 Å². The second kappa shape index (κ2) is 10.4. The Labute approximate surface area is 261 Å². The fraction of sp³-hybridized carbons (Fsp3) is 0. The van der Waals surface area contributed by atoms with E-state index in [9.17, 15) is 0 Å². The molecule has 0 N–H and O–H groups in total. The van der Waals surface area contributed by atoms with E-state index in [-0.39, 0.29) is 0 Å². The lowest BCUT2D eigenvalue weighted by atomic mass is 9.85. The molecule has 1 heteroatoms. The predicted octanol–water partition coefficient (Wildman–Crippen LogP) is 12.6. The molecule has 0 atom stereocenters. The molecule has 0 saturated heterocycles.